The van der Waals surface area contributed by atoms with Crippen molar-refractivity contribution in [1.29, 1.82) is 0 Å². The lowest BCUT2D eigenvalue weighted by molar-refractivity contribution is -0.158. The predicted molar refractivity (Wildman–Crippen MR) is 190 cm³/mol. The van der Waals surface area contributed by atoms with E-state index < -0.39 is 95.9 Å². The molecule has 6 amide bonds. The van der Waals surface area contributed by atoms with Crippen molar-refractivity contribution < 1.29 is 47.1 Å². The standard InChI is InChI=1S/C38H50F2N6O8/c1-22-35(50)46-16-8-12-31(46)38(53)54-21-29(36(51)45-15-7-11-30(45)37(52)44(3)23(2)33(48)41-22)43-34(49)28(19-25-17-26(39)20-27(40)18-25)42-32(47)14-13-24-9-5-4-6-10-24/h13-14,17-18,20,22-24,28-31H,4-12,15-16,19,21H2,1-3H3,(H,41,48)(H,42,47)(H,43,49)/t22-,23-,28-,29-,30-,31-/m0/s1. The van der Waals surface area contributed by atoms with Crippen LogP contribution < -0.4 is 16.0 Å². The second-order valence-corrected chi connectivity index (χ2v) is 14.7. The van der Waals surface area contributed by atoms with E-state index in [2.05, 4.69) is 16.0 Å². The van der Waals surface area contributed by atoms with Crippen LogP contribution in [-0.4, -0.2) is 119 Å². The molecule has 0 aromatic heterocycles. The fourth-order valence-electron chi connectivity index (χ4n) is 7.66. The molecule has 3 saturated heterocycles. The Labute approximate surface area is 313 Å². The molecule has 1 aliphatic carbocycles. The molecule has 4 aliphatic rings. The maximum atomic E-state index is 14.3. The van der Waals surface area contributed by atoms with Crippen LogP contribution in [0.25, 0.3) is 0 Å². The lowest BCUT2D eigenvalue weighted by Gasteiger charge is -2.34. The average molecular weight is 757 g/mol. The van der Waals surface area contributed by atoms with E-state index in [1.54, 1.807) is 6.08 Å². The Hall–Kier alpha value is -4.89. The monoisotopic (exact) mass is 756 g/mol. The number of hydrogen-bond acceptors (Lipinski definition) is 8. The number of rotatable bonds is 7. The highest BCUT2D eigenvalue weighted by Crippen LogP contribution is 2.25. The molecule has 0 spiro atoms. The number of cyclic esters (lactones) is 1. The SMILES string of the molecule is C[C@@H]1NC(=O)[C@H](C)N(C)C(=O)[C@@H]2CCCN2C(=O)[C@@H](NC(=O)[C@H](Cc2cc(F)cc(F)c2)NC(=O)C=CC2CCCCC2)COC(=O)[C@@H]2CCCN2C1=O. The molecule has 54 heavy (non-hydrogen) atoms. The molecule has 1 aromatic carbocycles. The second-order valence-electron chi connectivity index (χ2n) is 14.7. The van der Waals surface area contributed by atoms with Gasteiger partial charge in [0.25, 0.3) is 0 Å². The molecule has 5 rings (SSSR count). The third-order valence-corrected chi connectivity index (χ3v) is 10.8. The van der Waals surface area contributed by atoms with Crippen LogP contribution in [0, 0.1) is 17.6 Å². The van der Waals surface area contributed by atoms with Crippen molar-refractivity contribution >= 4 is 41.4 Å². The number of benzene rings is 1. The predicted octanol–water partition coefficient (Wildman–Crippen LogP) is 1.50. The number of carbonyl (C=O) groups is 7. The number of nitrogens with zero attached hydrogens (tertiary/aromatic N) is 3. The number of nitrogens with one attached hydrogen (secondary N) is 3. The normalized spacial score (nSPS) is 27.0. The van der Waals surface area contributed by atoms with Gasteiger partial charge in [-0.25, -0.2) is 13.6 Å². The van der Waals surface area contributed by atoms with E-state index in [9.17, 15) is 42.3 Å². The number of amides is 6. The maximum Gasteiger partial charge on any atom is 0.328 e. The zero-order valence-electron chi connectivity index (χ0n) is 31.0. The van der Waals surface area contributed by atoms with Gasteiger partial charge in [0.05, 0.1) is 0 Å². The summed E-state index contributed by atoms with van der Waals surface area (Å²) in [5.41, 5.74) is 0.0616. The van der Waals surface area contributed by atoms with E-state index in [-0.39, 0.29) is 43.8 Å². The van der Waals surface area contributed by atoms with Crippen molar-refractivity contribution in [2.24, 2.45) is 5.92 Å². The van der Waals surface area contributed by atoms with Gasteiger partial charge in [-0.2, -0.15) is 0 Å². The fraction of sp³-hybridized carbons (Fsp3) is 0.605. The minimum absolute atomic E-state index is 0.0616. The van der Waals surface area contributed by atoms with Crippen LogP contribution in [0.4, 0.5) is 8.78 Å². The van der Waals surface area contributed by atoms with Crippen LogP contribution in [-0.2, 0) is 44.7 Å². The van der Waals surface area contributed by atoms with Crippen LogP contribution in [0.15, 0.2) is 30.4 Å². The van der Waals surface area contributed by atoms with Crippen LogP contribution in [0.1, 0.15) is 77.2 Å². The minimum atomic E-state index is -1.56. The van der Waals surface area contributed by atoms with Crippen molar-refractivity contribution in [2.45, 2.75) is 114 Å². The van der Waals surface area contributed by atoms with Gasteiger partial charge in [-0.1, -0.05) is 25.3 Å². The summed E-state index contributed by atoms with van der Waals surface area (Å²) in [5, 5.41) is 7.81. The summed E-state index contributed by atoms with van der Waals surface area (Å²) in [4.78, 5) is 99.0. The molecule has 3 heterocycles. The van der Waals surface area contributed by atoms with Crippen LogP contribution in [0.5, 0.6) is 0 Å². The highest BCUT2D eigenvalue weighted by Gasteiger charge is 2.43. The van der Waals surface area contributed by atoms with Gasteiger partial charge in [0.1, 0.15) is 54.5 Å². The molecule has 294 valence electrons. The van der Waals surface area contributed by atoms with E-state index in [1.807, 2.05) is 0 Å². The van der Waals surface area contributed by atoms with E-state index in [0.717, 1.165) is 44.2 Å². The van der Waals surface area contributed by atoms with Crippen LogP contribution in [0.3, 0.4) is 0 Å². The van der Waals surface area contributed by atoms with E-state index in [4.69, 9.17) is 4.74 Å². The van der Waals surface area contributed by atoms with Gasteiger partial charge in [0.15, 0.2) is 0 Å². The van der Waals surface area contributed by atoms with E-state index >= 15 is 0 Å². The zero-order chi connectivity index (χ0) is 39.1. The Bertz CT molecular complexity index is 1630. The summed E-state index contributed by atoms with van der Waals surface area (Å²) >= 11 is 0. The number of halogens is 2. The van der Waals surface area contributed by atoms with Gasteiger partial charge in [-0.3, -0.25) is 28.8 Å². The highest BCUT2D eigenvalue weighted by molar-refractivity contribution is 5.98. The van der Waals surface area contributed by atoms with Gasteiger partial charge in [0.2, 0.25) is 35.4 Å². The van der Waals surface area contributed by atoms with Gasteiger partial charge in [0, 0.05) is 32.6 Å². The molecule has 14 nitrogen and oxygen atoms in total. The second kappa shape index (κ2) is 18.0. The fourth-order valence-corrected chi connectivity index (χ4v) is 7.66. The molecule has 4 fully saturated rings. The summed E-state index contributed by atoms with van der Waals surface area (Å²) < 4.78 is 34.0. The van der Waals surface area contributed by atoms with Gasteiger partial charge >= 0.3 is 5.97 Å². The van der Waals surface area contributed by atoms with E-state index in [1.165, 1.54) is 41.7 Å². The third kappa shape index (κ3) is 9.80. The number of esters is 1. The van der Waals surface area contributed by atoms with Crippen LogP contribution >= 0.6 is 0 Å². The first-order valence-electron chi connectivity index (χ1n) is 18.8. The summed E-state index contributed by atoms with van der Waals surface area (Å²) in [6.07, 6.45) is 9.23. The Morgan fingerprint density at radius 2 is 1.50 bits per heavy atom. The maximum absolute atomic E-state index is 14.3. The molecule has 3 aliphatic heterocycles. The van der Waals surface area contributed by atoms with Crippen molar-refractivity contribution in [2.75, 3.05) is 26.7 Å². The topological polar surface area (TPSA) is 175 Å². The molecule has 0 radical (unpaired) electrons. The first-order valence-corrected chi connectivity index (χ1v) is 18.8. The lowest BCUT2D eigenvalue weighted by Crippen LogP contribution is -2.60. The number of hydrogen-bond donors (Lipinski definition) is 3. The van der Waals surface area contributed by atoms with Crippen molar-refractivity contribution in [3.8, 4) is 0 Å². The molecule has 0 unspecified atom stereocenters. The molecular weight excluding hydrogens is 706 g/mol. The van der Waals surface area contributed by atoms with Gasteiger partial charge in [-0.15, -0.1) is 0 Å². The molecule has 0 bridgehead atoms. The molecule has 6 atom stereocenters. The average Bonchev–Trinajstić information content (AvgIpc) is 3.84. The summed E-state index contributed by atoms with van der Waals surface area (Å²) in [6, 6.07) is -4.31. The Morgan fingerprint density at radius 3 is 2.17 bits per heavy atom. The Kier molecular flexibility index (Phi) is 13.4. The van der Waals surface area contributed by atoms with Crippen LogP contribution in [0.2, 0.25) is 0 Å². The largest absolute Gasteiger partial charge is 0.461 e. The number of allylic oxidation sites excluding steroid dienone is 1. The smallest absolute Gasteiger partial charge is 0.328 e. The molecule has 3 N–H and O–H groups in total. The van der Waals surface area contributed by atoms with Gasteiger partial charge in [-0.05, 0) is 82.1 Å². The highest BCUT2D eigenvalue weighted by atomic mass is 19.1. The third-order valence-electron chi connectivity index (χ3n) is 10.8. The minimum Gasteiger partial charge on any atom is -0.461 e. The lowest BCUT2D eigenvalue weighted by atomic mass is 9.89. The number of ether oxygens (including phenoxy) is 1. The van der Waals surface area contributed by atoms with Crippen molar-refractivity contribution in [1.82, 2.24) is 30.7 Å². The molecule has 1 saturated carbocycles. The summed E-state index contributed by atoms with van der Waals surface area (Å²) in [5.74, 6) is -6.35. The molecule has 1 aromatic rings. The first-order chi connectivity index (χ1) is 25.7. The molecular formula is C38H50F2N6O8. The Morgan fingerprint density at radius 1 is 0.870 bits per heavy atom. The summed E-state index contributed by atoms with van der Waals surface area (Å²) in [7, 11) is 1.42. The van der Waals surface area contributed by atoms with Crippen molar-refractivity contribution in [3.63, 3.8) is 0 Å². The Balaban J connectivity index is 1.43. The summed E-state index contributed by atoms with van der Waals surface area (Å²) in [6.45, 7) is 2.66. The number of fused-ring (bicyclic) bond motifs is 2. The molecule has 16 heteroatoms. The first kappa shape index (κ1) is 40.3. The number of likely N-dealkylation sites (N-methyl/N-ethyl adjacent to an activating group) is 1. The quantitative estimate of drug-likeness (QED) is 0.277. The van der Waals surface area contributed by atoms with Gasteiger partial charge < -0.3 is 35.4 Å². The van der Waals surface area contributed by atoms with E-state index in [0.29, 0.717) is 18.9 Å². The number of carbonyl (C=O) groups excluding carboxylic acids is 7. The zero-order valence-corrected chi connectivity index (χ0v) is 31.0. The van der Waals surface area contributed by atoms with Crippen molar-refractivity contribution in [3.05, 3.63) is 47.5 Å².